The molecule has 1 aromatic heterocycles. The van der Waals surface area contributed by atoms with Crippen molar-refractivity contribution in [1.82, 2.24) is 10.5 Å². The lowest BCUT2D eigenvalue weighted by molar-refractivity contribution is 0.0686. The van der Waals surface area contributed by atoms with E-state index in [1.807, 2.05) is 38.1 Å². The van der Waals surface area contributed by atoms with Crippen molar-refractivity contribution < 1.29 is 24.6 Å². The van der Waals surface area contributed by atoms with E-state index in [1.54, 1.807) is 6.07 Å². The lowest BCUT2D eigenvalue weighted by atomic mass is 9.94. The second-order valence-electron chi connectivity index (χ2n) is 8.92. The highest BCUT2D eigenvalue weighted by atomic mass is 16.5. The molecule has 0 amide bonds. The molecule has 4 N–H and O–H groups in total. The van der Waals surface area contributed by atoms with Gasteiger partial charge in [0.15, 0.2) is 11.5 Å². The van der Waals surface area contributed by atoms with Gasteiger partial charge < -0.3 is 25.2 Å². The third-order valence-corrected chi connectivity index (χ3v) is 4.97. The maximum Gasteiger partial charge on any atom is 0.358 e. The molecule has 0 bridgehead atoms. The normalized spacial score (nSPS) is 11.8. The summed E-state index contributed by atoms with van der Waals surface area (Å²) in [6.45, 7) is 10.7. The van der Waals surface area contributed by atoms with Gasteiger partial charge in [0.2, 0.25) is 0 Å². The van der Waals surface area contributed by atoms with Crippen molar-refractivity contribution in [3.8, 4) is 33.9 Å². The Balaban J connectivity index is 2.09. The van der Waals surface area contributed by atoms with Crippen LogP contribution in [0.15, 0.2) is 40.9 Å². The number of carbonyl (C=O) groups is 1. The molecule has 31 heavy (non-hydrogen) atoms. The molecule has 0 saturated heterocycles. The smallest absolute Gasteiger partial charge is 0.358 e. The highest BCUT2D eigenvalue weighted by molar-refractivity contribution is 5.99. The quantitative estimate of drug-likeness (QED) is 0.433. The van der Waals surface area contributed by atoms with E-state index < -0.39 is 5.97 Å². The predicted octanol–water partition coefficient (Wildman–Crippen LogP) is 5.13. The molecule has 0 saturated carbocycles. The Morgan fingerprint density at radius 3 is 2.29 bits per heavy atom. The van der Waals surface area contributed by atoms with Crippen LogP contribution in [0.25, 0.3) is 22.5 Å². The average Bonchev–Trinajstić information content (AvgIpc) is 3.11. The van der Waals surface area contributed by atoms with Gasteiger partial charge in [-0.15, -0.1) is 0 Å². The van der Waals surface area contributed by atoms with Crippen LogP contribution in [-0.4, -0.2) is 32.0 Å². The first kappa shape index (κ1) is 22.4. The minimum Gasteiger partial charge on any atom is -0.508 e. The Hall–Kier alpha value is -3.32. The molecule has 7 nitrogen and oxygen atoms in total. The minimum absolute atomic E-state index is 0.0146. The fourth-order valence-corrected chi connectivity index (χ4v) is 3.28. The van der Waals surface area contributed by atoms with E-state index in [-0.39, 0.29) is 45.5 Å². The molecule has 0 aliphatic rings. The van der Waals surface area contributed by atoms with Crippen molar-refractivity contribution in [3.05, 3.63) is 53.2 Å². The molecule has 0 aliphatic heterocycles. The third kappa shape index (κ3) is 4.88. The first-order valence-electron chi connectivity index (χ1n) is 10.1. The van der Waals surface area contributed by atoms with Crippen LogP contribution in [0.1, 0.15) is 62.2 Å². The summed E-state index contributed by atoms with van der Waals surface area (Å²) in [4.78, 5) is 11.8. The topological polar surface area (TPSA) is 116 Å². The van der Waals surface area contributed by atoms with E-state index in [1.165, 1.54) is 6.07 Å². The number of aromatic nitrogens is 1. The zero-order chi connectivity index (χ0) is 22.9. The fourth-order valence-electron chi connectivity index (χ4n) is 3.28. The Labute approximate surface area is 181 Å². The molecule has 0 spiro atoms. The van der Waals surface area contributed by atoms with Crippen LogP contribution < -0.4 is 5.32 Å². The molecule has 0 fully saturated rings. The number of nitrogens with zero attached hydrogens (tertiary/aromatic N) is 1. The highest BCUT2D eigenvalue weighted by Crippen LogP contribution is 2.43. The monoisotopic (exact) mass is 424 g/mol. The molecular weight excluding hydrogens is 396 g/mol. The fraction of sp³-hybridized carbons (Fsp3) is 0.333. The maximum absolute atomic E-state index is 11.8. The average molecular weight is 424 g/mol. The number of nitrogens with one attached hydrogen (secondary N) is 1. The van der Waals surface area contributed by atoms with Crippen LogP contribution in [0.4, 0.5) is 0 Å². The second kappa shape index (κ2) is 8.43. The lowest BCUT2D eigenvalue weighted by Gasteiger charge is -2.20. The molecule has 7 heteroatoms. The lowest BCUT2D eigenvalue weighted by Crippen LogP contribution is -2.35. The van der Waals surface area contributed by atoms with Crippen LogP contribution >= 0.6 is 0 Å². The largest absolute Gasteiger partial charge is 0.508 e. The van der Waals surface area contributed by atoms with E-state index in [4.69, 9.17) is 4.52 Å². The molecule has 0 aliphatic carbocycles. The molecule has 0 unspecified atom stereocenters. The van der Waals surface area contributed by atoms with E-state index in [0.717, 1.165) is 5.56 Å². The van der Waals surface area contributed by atoms with Crippen molar-refractivity contribution in [1.29, 1.82) is 0 Å². The Bertz CT molecular complexity index is 1090. The summed E-state index contributed by atoms with van der Waals surface area (Å²) in [5.74, 6) is -1.36. The van der Waals surface area contributed by atoms with Crippen LogP contribution in [0.2, 0.25) is 0 Å². The molecule has 0 atom stereocenters. The molecule has 0 radical (unpaired) electrons. The SMILES string of the molecule is CC(C)c1cc(-c2onc(C(=O)O)c2-c2ccc(CNC(C)(C)C)cc2)c(O)cc1O. The minimum atomic E-state index is -1.23. The molecule has 3 aromatic rings. The Kier molecular flexibility index (Phi) is 6.08. The number of hydrogen-bond donors (Lipinski definition) is 4. The summed E-state index contributed by atoms with van der Waals surface area (Å²) in [6.07, 6.45) is 0. The summed E-state index contributed by atoms with van der Waals surface area (Å²) >= 11 is 0. The standard InChI is InChI=1S/C24H28N2O5/c1-13(2)16-10-17(19(28)11-18(16)27)22-20(21(23(29)30)26-31-22)15-8-6-14(7-9-15)12-25-24(3,4)5/h6-11,13,25,27-28H,12H2,1-5H3,(H,29,30). The summed E-state index contributed by atoms with van der Waals surface area (Å²) in [5, 5.41) is 37.4. The van der Waals surface area contributed by atoms with Gasteiger partial charge in [-0.3, -0.25) is 0 Å². The first-order chi connectivity index (χ1) is 14.5. The van der Waals surface area contributed by atoms with Crippen molar-refractivity contribution >= 4 is 5.97 Å². The van der Waals surface area contributed by atoms with Gasteiger partial charge in [-0.2, -0.15) is 0 Å². The number of phenols is 2. The van der Waals surface area contributed by atoms with E-state index >= 15 is 0 Å². The summed E-state index contributed by atoms with van der Waals surface area (Å²) < 4.78 is 5.39. The first-order valence-corrected chi connectivity index (χ1v) is 10.1. The molecule has 1 heterocycles. The number of carboxylic acids is 1. The van der Waals surface area contributed by atoms with Gasteiger partial charge in [-0.05, 0) is 49.4 Å². The molecule has 3 rings (SSSR count). The zero-order valence-electron chi connectivity index (χ0n) is 18.4. The number of aromatic hydroxyl groups is 2. The summed E-state index contributed by atoms with van der Waals surface area (Å²) in [6, 6.07) is 10.3. The van der Waals surface area contributed by atoms with E-state index in [9.17, 15) is 20.1 Å². The van der Waals surface area contributed by atoms with E-state index in [2.05, 4.69) is 31.2 Å². The van der Waals surface area contributed by atoms with Crippen molar-refractivity contribution in [3.63, 3.8) is 0 Å². The van der Waals surface area contributed by atoms with Crippen LogP contribution in [0, 0.1) is 0 Å². The molecule has 164 valence electrons. The number of carboxylic acid groups (broad SMARTS) is 1. The molecular formula is C24H28N2O5. The number of phenolic OH excluding ortho intramolecular Hbond substituents is 2. The predicted molar refractivity (Wildman–Crippen MR) is 118 cm³/mol. The van der Waals surface area contributed by atoms with Crippen molar-refractivity contribution in [2.45, 2.75) is 52.6 Å². The van der Waals surface area contributed by atoms with Crippen molar-refractivity contribution in [2.75, 3.05) is 0 Å². The molecule has 2 aromatic carbocycles. The Morgan fingerprint density at radius 2 is 1.74 bits per heavy atom. The van der Waals surface area contributed by atoms with Crippen LogP contribution in [0.5, 0.6) is 11.5 Å². The number of benzene rings is 2. The maximum atomic E-state index is 11.8. The van der Waals surface area contributed by atoms with Gasteiger partial charge in [0.05, 0.1) is 11.1 Å². The number of rotatable bonds is 6. The highest BCUT2D eigenvalue weighted by Gasteiger charge is 2.27. The van der Waals surface area contributed by atoms with Crippen molar-refractivity contribution in [2.24, 2.45) is 0 Å². The summed E-state index contributed by atoms with van der Waals surface area (Å²) in [7, 11) is 0. The third-order valence-electron chi connectivity index (χ3n) is 4.97. The van der Waals surface area contributed by atoms with Gasteiger partial charge in [-0.25, -0.2) is 4.79 Å². The van der Waals surface area contributed by atoms with Gasteiger partial charge in [0.1, 0.15) is 11.5 Å². The second-order valence-corrected chi connectivity index (χ2v) is 8.92. The van der Waals surface area contributed by atoms with Crippen LogP contribution in [0.3, 0.4) is 0 Å². The van der Waals surface area contributed by atoms with Gasteiger partial charge in [0, 0.05) is 18.2 Å². The van der Waals surface area contributed by atoms with Gasteiger partial charge >= 0.3 is 5.97 Å². The van der Waals surface area contributed by atoms with Gasteiger partial charge in [-0.1, -0.05) is 43.3 Å². The Morgan fingerprint density at radius 1 is 1.10 bits per heavy atom. The van der Waals surface area contributed by atoms with E-state index in [0.29, 0.717) is 17.7 Å². The van der Waals surface area contributed by atoms with Gasteiger partial charge in [0.25, 0.3) is 0 Å². The van der Waals surface area contributed by atoms with Crippen LogP contribution in [-0.2, 0) is 6.54 Å². The number of hydrogen-bond acceptors (Lipinski definition) is 6. The number of aromatic carboxylic acids is 1. The summed E-state index contributed by atoms with van der Waals surface area (Å²) in [5.41, 5.74) is 2.54. The zero-order valence-corrected chi connectivity index (χ0v) is 18.4.